The summed E-state index contributed by atoms with van der Waals surface area (Å²) in [6.45, 7) is 4.06. The number of hydrogen-bond donors (Lipinski definition) is 1. The molecule has 4 nitrogen and oxygen atoms in total. The fraction of sp³-hybridized carbons (Fsp3) is 0.235. The number of rotatable bonds is 6. The number of carbonyl (C=O) groups excluding carboxylic acids is 1. The number of benzene rings is 2. The van der Waals surface area contributed by atoms with Gasteiger partial charge in [-0.2, -0.15) is 0 Å². The second kappa shape index (κ2) is 8.09. The fourth-order valence-electron chi connectivity index (χ4n) is 1.94. The van der Waals surface area contributed by atoms with Crippen molar-refractivity contribution < 1.29 is 14.3 Å². The highest BCUT2D eigenvalue weighted by molar-refractivity contribution is 6.35. The molecule has 6 heteroatoms. The maximum atomic E-state index is 12.2. The van der Waals surface area contributed by atoms with Crippen molar-refractivity contribution in [3.63, 3.8) is 0 Å². The van der Waals surface area contributed by atoms with Gasteiger partial charge in [0.25, 0.3) is 5.91 Å². The summed E-state index contributed by atoms with van der Waals surface area (Å²) in [5, 5.41) is 3.62. The largest absolute Gasteiger partial charge is 0.490 e. The van der Waals surface area contributed by atoms with Gasteiger partial charge in [-0.25, -0.2) is 0 Å². The molecule has 0 heterocycles. The van der Waals surface area contributed by atoms with E-state index in [0.29, 0.717) is 33.8 Å². The van der Waals surface area contributed by atoms with E-state index < -0.39 is 6.10 Å². The number of para-hydroxylation sites is 2. The van der Waals surface area contributed by atoms with Crippen molar-refractivity contribution in [1.82, 2.24) is 0 Å². The van der Waals surface area contributed by atoms with Crippen LogP contribution in [-0.2, 0) is 4.79 Å². The Morgan fingerprint density at radius 3 is 2.35 bits per heavy atom. The number of amides is 1. The van der Waals surface area contributed by atoms with Crippen LogP contribution in [-0.4, -0.2) is 18.6 Å². The van der Waals surface area contributed by atoms with Crippen LogP contribution in [0.15, 0.2) is 42.5 Å². The van der Waals surface area contributed by atoms with Crippen LogP contribution in [0.1, 0.15) is 13.8 Å². The molecule has 0 aliphatic rings. The van der Waals surface area contributed by atoms with Gasteiger partial charge >= 0.3 is 0 Å². The van der Waals surface area contributed by atoms with Crippen molar-refractivity contribution in [2.45, 2.75) is 20.0 Å². The minimum Gasteiger partial charge on any atom is -0.490 e. The summed E-state index contributed by atoms with van der Waals surface area (Å²) < 4.78 is 11.2. The minimum absolute atomic E-state index is 0.311. The highest BCUT2D eigenvalue weighted by atomic mass is 35.5. The average molecular weight is 354 g/mol. The topological polar surface area (TPSA) is 47.6 Å². The third-order valence-electron chi connectivity index (χ3n) is 2.95. The summed E-state index contributed by atoms with van der Waals surface area (Å²) in [7, 11) is 0. The van der Waals surface area contributed by atoms with E-state index in [1.807, 2.05) is 19.1 Å². The number of ether oxygens (including phenoxy) is 2. The number of hydrogen-bond acceptors (Lipinski definition) is 3. The fourth-order valence-corrected chi connectivity index (χ4v) is 2.46. The van der Waals surface area contributed by atoms with Crippen LogP contribution in [0.4, 0.5) is 5.69 Å². The number of nitrogens with one attached hydrogen (secondary N) is 1. The van der Waals surface area contributed by atoms with E-state index >= 15 is 0 Å². The van der Waals surface area contributed by atoms with Crippen LogP contribution in [0.25, 0.3) is 0 Å². The maximum absolute atomic E-state index is 12.2. The van der Waals surface area contributed by atoms with Crippen molar-refractivity contribution in [2.75, 3.05) is 11.9 Å². The van der Waals surface area contributed by atoms with Crippen LogP contribution in [0.3, 0.4) is 0 Å². The van der Waals surface area contributed by atoms with Crippen molar-refractivity contribution >= 4 is 34.8 Å². The Labute approximate surface area is 145 Å². The maximum Gasteiger partial charge on any atom is 0.265 e. The van der Waals surface area contributed by atoms with Crippen molar-refractivity contribution in [3.8, 4) is 11.5 Å². The molecule has 0 saturated carbocycles. The normalized spacial score (nSPS) is 11.7. The number of carbonyl (C=O) groups is 1. The SMILES string of the molecule is CCOc1ccccc1O[C@H](C)C(=O)Nc1cc(Cl)cc(Cl)c1. The summed E-state index contributed by atoms with van der Waals surface area (Å²) in [5.74, 6) is 0.802. The first kappa shape index (κ1) is 17.4. The van der Waals surface area contributed by atoms with Gasteiger partial charge in [-0.3, -0.25) is 4.79 Å². The Bertz CT molecular complexity index is 671. The Morgan fingerprint density at radius 2 is 1.74 bits per heavy atom. The molecule has 0 saturated heterocycles. The van der Waals surface area contributed by atoms with Gasteiger partial charge in [0.15, 0.2) is 17.6 Å². The lowest BCUT2D eigenvalue weighted by atomic mass is 10.3. The first-order chi connectivity index (χ1) is 11.0. The monoisotopic (exact) mass is 353 g/mol. The summed E-state index contributed by atoms with van der Waals surface area (Å²) in [4.78, 5) is 12.2. The van der Waals surface area contributed by atoms with Crippen molar-refractivity contribution in [3.05, 3.63) is 52.5 Å². The molecule has 0 bridgehead atoms. The number of halogens is 2. The molecule has 0 aliphatic carbocycles. The second-order valence-corrected chi connectivity index (χ2v) is 5.66. The van der Waals surface area contributed by atoms with E-state index in [-0.39, 0.29) is 5.91 Å². The molecule has 0 fully saturated rings. The molecular formula is C17H17Cl2NO3. The third kappa shape index (κ3) is 5.05. The zero-order valence-corrected chi connectivity index (χ0v) is 14.3. The smallest absolute Gasteiger partial charge is 0.265 e. The van der Waals surface area contributed by atoms with Crippen LogP contribution < -0.4 is 14.8 Å². The molecule has 0 aromatic heterocycles. The van der Waals surface area contributed by atoms with E-state index in [1.54, 1.807) is 37.3 Å². The first-order valence-electron chi connectivity index (χ1n) is 7.15. The first-order valence-corrected chi connectivity index (χ1v) is 7.90. The van der Waals surface area contributed by atoms with Crippen LogP contribution in [0.2, 0.25) is 10.0 Å². The molecule has 2 aromatic rings. The lowest BCUT2D eigenvalue weighted by Gasteiger charge is -2.17. The Kier molecular flexibility index (Phi) is 6.13. The molecule has 2 rings (SSSR count). The van der Waals surface area contributed by atoms with Gasteiger partial charge in [-0.1, -0.05) is 35.3 Å². The average Bonchev–Trinajstić information content (AvgIpc) is 2.48. The van der Waals surface area contributed by atoms with Gasteiger partial charge in [0.1, 0.15) is 0 Å². The molecule has 122 valence electrons. The van der Waals surface area contributed by atoms with Crippen molar-refractivity contribution in [2.24, 2.45) is 0 Å². The highest BCUT2D eigenvalue weighted by Gasteiger charge is 2.17. The zero-order chi connectivity index (χ0) is 16.8. The van der Waals surface area contributed by atoms with Crippen molar-refractivity contribution in [1.29, 1.82) is 0 Å². The molecule has 0 radical (unpaired) electrons. The molecule has 23 heavy (non-hydrogen) atoms. The highest BCUT2D eigenvalue weighted by Crippen LogP contribution is 2.28. The van der Waals surface area contributed by atoms with E-state index in [1.165, 1.54) is 0 Å². The van der Waals surface area contributed by atoms with E-state index in [9.17, 15) is 4.79 Å². The third-order valence-corrected chi connectivity index (χ3v) is 3.39. The molecule has 0 unspecified atom stereocenters. The van der Waals surface area contributed by atoms with Gasteiger partial charge in [-0.05, 0) is 44.2 Å². The minimum atomic E-state index is -0.714. The van der Waals surface area contributed by atoms with Gasteiger partial charge < -0.3 is 14.8 Å². The van der Waals surface area contributed by atoms with Gasteiger partial charge in [0.2, 0.25) is 0 Å². The molecule has 1 amide bonds. The predicted octanol–water partition coefficient (Wildman–Crippen LogP) is 4.80. The molecule has 0 aliphatic heterocycles. The Balaban J connectivity index is 2.05. The Morgan fingerprint density at radius 1 is 1.13 bits per heavy atom. The quantitative estimate of drug-likeness (QED) is 0.811. The summed E-state index contributed by atoms with van der Waals surface area (Å²) in [5.41, 5.74) is 0.515. The van der Waals surface area contributed by atoms with Crippen LogP contribution in [0.5, 0.6) is 11.5 Å². The van der Waals surface area contributed by atoms with Gasteiger partial charge in [0, 0.05) is 15.7 Å². The lowest BCUT2D eigenvalue weighted by Crippen LogP contribution is -2.30. The van der Waals surface area contributed by atoms with E-state index in [4.69, 9.17) is 32.7 Å². The molecule has 1 N–H and O–H groups in total. The van der Waals surface area contributed by atoms with E-state index in [2.05, 4.69) is 5.32 Å². The van der Waals surface area contributed by atoms with Gasteiger partial charge in [0.05, 0.1) is 6.61 Å². The predicted molar refractivity (Wildman–Crippen MR) is 92.8 cm³/mol. The van der Waals surface area contributed by atoms with Gasteiger partial charge in [-0.15, -0.1) is 0 Å². The second-order valence-electron chi connectivity index (χ2n) is 4.79. The molecular weight excluding hydrogens is 337 g/mol. The lowest BCUT2D eigenvalue weighted by molar-refractivity contribution is -0.122. The summed E-state index contributed by atoms with van der Waals surface area (Å²) in [6, 6.07) is 12.0. The molecule has 2 aromatic carbocycles. The molecule has 1 atom stereocenters. The van der Waals surface area contributed by atoms with Crippen LogP contribution in [0, 0.1) is 0 Å². The summed E-state index contributed by atoms with van der Waals surface area (Å²) >= 11 is 11.8. The van der Waals surface area contributed by atoms with E-state index in [0.717, 1.165) is 0 Å². The number of anilines is 1. The zero-order valence-electron chi connectivity index (χ0n) is 12.8. The standard InChI is InChI=1S/C17H17Cl2NO3/c1-3-22-15-6-4-5-7-16(15)23-11(2)17(21)20-14-9-12(18)8-13(19)10-14/h4-11H,3H2,1-2H3,(H,20,21)/t11-/m1/s1. The van der Waals surface area contributed by atoms with Crippen LogP contribution >= 0.6 is 23.2 Å². The summed E-state index contributed by atoms with van der Waals surface area (Å²) in [6.07, 6.45) is -0.714. The Hall–Kier alpha value is -1.91. The molecule has 0 spiro atoms.